The summed E-state index contributed by atoms with van der Waals surface area (Å²) in [6.45, 7) is 6.35. The molecule has 0 fully saturated rings. The summed E-state index contributed by atoms with van der Waals surface area (Å²) in [5.74, 6) is -0.181. The van der Waals surface area contributed by atoms with Crippen LogP contribution in [0.2, 0.25) is 0 Å². The van der Waals surface area contributed by atoms with Crippen LogP contribution in [0.25, 0.3) is 10.9 Å². The highest BCUT2D eigenvalue weighted by atomic mass is 16.5. The first-order chi connectivity index (χ1) is 13.7. The van der Waals surface area contributed by atoms with Gasteiger partial charge in [-0.3, -0.25) is 9.78 Å². The minimum Gasteiger partial charge on any atom is -0.466 e. The molecule has 0 radical (unpaired) electrons. The van der Waals surface area contributed by atoms with Crippen LogP contribution in [0, 0.1) is 6.92 Å². The first-order valence-electron chi connectivity index (χ1n) is 10.0. The third-order valence-corrected chi connectivity index (χ3v) is 5.44. The van der Waals surface area contributed by atoms with Gasteiger partial charge in [-0.25, -0.2) is 0 Å². The Morgan fingerprint density at radius 3 is 2.75 bits per heavy atom. The van der Waals surface area contributed by atoms with Crippen molar-refractivity contribution in [1.82, 2.24) is 4.98 Å². The van der Waals surface area contributed by atoms with Gasteiger partial charge in [0.15, 0.2) is 0 Å². The van der Waals surface area contributed by atoms with E-state index in [2.05, 4.69) is 48.2 Å². The number of benzene rings is 2. The van der Waals surface area contributed by atoms with Crippen molar-refractivity contribution in [2.75, 3.05) is 24.6 Å². The number of hydrogen-bond acceptors (Lipinski definition) is 4. The number of aryl methyl sites for hydroxylation is 1. The summed E-state index contributed by atoms with van der Waals surface area (Å²) in [6.07, 6.45) is 2.35. The van der Waals surface area contributed by atoms with Gasteiger partial charge in [-0.15, -0.1) is 0 Å². The monoisotopic (exact) mass is 374 g/mol. The van der Waals surface area contributed by atoms with Gasteiger partial charge < -0.3 is 9.64 Å². The molecular weight excluding hydrogens is 348 g/mol. The van der Waals surface area contributed by atoms with Crippen molar-refractivity contribution in [2.45, 2.75) is 33.1 Å². The van der Waals surface area contributed by atoms with Crippen molar-refractivity contribution in [3.63, 3.8) is 0 Å². The molecule has 0 bridgehead atoms. The highest BCUT2D eigenvalue weighted by Gasteiger charge is 2.24. The number of pyridine rings is 1. The molecule has 1 aliphatic heterocycles. The molecule has 4 rings (SSSR count). The van der Waals surface area contributed by atoms with Gasteiger partial charge in [0.25, 0.3) is 0 Å². The standard InChI is InChI=1S/C24H26N2O2/c1-3-28-23(27)16-19-9-10-22-21(15-19)24-20(17(2)25-22)12-14-26(24)13-11-18-7-5-4-6-8-18/h4-10,15H,3,11-14,16H2,1-2H3. The maximum Gasteiger partial charge on any atom is 0.310 e. The van der Waals surface area contributed by atoms with Crippen LogP contribution in [-0.4, -0.2) is 30.6 Å². The van der Waals surface area contributed by atoms with E-state index in [0.717, 1.165) is 48.1 Å². The molecule has 3 aromatic rings. The van der Waals surface area contributed by atoms with Crippen molar-refractivity contribution in [3.05, 3.63) is 70.9 Å². The second-order valence-corrected chi connectivity index (χ2v) is 7.33. The second kappa shape index (κ2) is 8.01. The summed E-state index contributed by atoms with van der Waals surface area (Å²) in [6, 6.07) is 16.8. The maximum absolute atomic E-state index is 11.9. The molecule has 0 amide bonds. The van der Waals surface area contributed by atoms with E-state index in [1.54, 1.807) is 0 Å². The smallest absolute Gasteiger partial charge is 0.310 e. The highest BCUT2D eigenvalue weighted by molar-refractivity contribution is 5.96. The summed E-state index contributed by atoms with van der Waals surface area (Å²) in [7, 11) is 0. The number of aromatic nitrogens is 1. The largest absolute Gasteiger partial charge is 0.466 e. The van der Waals surface area contributed by atoms with Crippen molar-refractivity contribution in [1.29, 1.82) is 0 Å². The van der Waals surface area contributed by atoms with Crippen molar-refractivity contribution < 1.29 is 9.53 Å². The van der Waals surface area contributed by atoms with Gasteiger partial charge in [-0.2, -0.15) is 0 Å². The van der Waals surface area contributed by atoms with E-state index < -0.39 is 0 Å². The third-order valence-electron chi connectivity index (χ3n) is 5.44. The Bertz CT molecular complexity index is 998. The van der Waals surface area contributed by atoms with E-state index in [-0.39, 0.29) is 5.97 Å². The van der Waals surface area contributed by atoms with E-state index in [0.29, 0.717) is 13.0 Å². The fraction of sp³-hybridized carbons (Fsp3) is 0.333. The Hall–Kier alpha value is -2.88. The van der Waals surface area contributed by atoms with Crippen LogP contribution >= 0.6 is 0 Å². The normalized spacial score (nSPS) is 13.0. The minimum atomic E-state index is -0.181. The Morgan fingerprint density at radius 1 is 1.14 bits per heavy atom. The van der Waals surface area contributed by atoms with Crippen molar-refractivity contribution >= 4 is 22.6 Å². The molecule has 1 aromatic heterocycles. The van der Waals surface area contributed by atoms with Gasteiger partial charge in [0.1, 0.15) is 0 Å². The zero-order valence-electron chi connectivity index (χ0n) is 16.6. The first kappa shape index (κ1) is 18.5. The Morgan fingerprint density at radius 2 is 1.96 bits per heavy atom. The lowest BCUT2D eigenvalue weighted by Gasteiger charge is -2.22. The lowest BCUT2D eigenvalue weighted by atomic mass is 10.0. The predicted octanol–water partition coefficient (Wildman–Crippen LogP) is 4.25. The molecule has 0 unspecified atom stereocenters. The summed E-state index contributed by atoms with van der Waals surface area (Å²) >= 11 is 0. The maximum atomic E-state index is 11.9. The molecule has 0 saturated heterocycles. The average molecular weight is 374 g/mol. The quantitative estimate of drug-likeness (QED) is 0.605. The Labute approximate surface area is 166 Å². The molecule has 0 spiro atoms. The average Bonchev–Trinajstić information content (AvgIpc) is 3.13. The number of rotatable bonds is 6. The first-order valence-corrected chi connectivity index (χ1v) is 10.0. The molecule has 2 aromatic carbocycles. The lowest BCUT2D eigenvalue weighted by Crippen LogP contribution is -2.23. The topological polar surface area (TPSA) is 42.4 Å². The number of esters is 1. The van der Waals surface area contributed by atoms with Crippen molar-refractivity contribution in [2.24, 2.45) is 0 Å². The van der Waals surface area contributed by atoms with Crippen LogP contribution in [-0.2, 0) is 28.8 Å². The van der Waals surface area contributed by atoms with E-state index in [1.807, 2.05) is 19.1 Å². The van der Waals surface area contributed by atoms with Gasteiger partial charge in [0.2, 0.25) is 0 Å². The van der Waals surface area contributed by atoms with Gasteiger partial charge >= 0.3 is 5.97 Å². The molecule has 0 aliphatic carbocycles. The molecule has 4 heteroatoms. The molecule has 1 aliphatic rings. The fourth-order valence-corrected chi connectivity index (χ4v) is 4.09. The summed E-state index contributed by atoms with van der Waals surface area (Å²) < 4.78 is 5.11. The summed E-state index contributed by atoms with van der Waals surface area (Å²) in [5.41, 5.74) is 7.08. The minimum absolute atomic E-state index is 0.181. The zero-order chi connectivity index (χ0) is 19.5. The summed E-state index contributed by atoms with van der Waals surface area (Å²) in [4.78, 5) is 19.2. The molecule has 4 nitrogen and oxygen atoms in total. The number of hydrogen-bond donors (Lipinski definition) is 0. The molecule has 0 atom stereocenters. The Balaban J connectivity index is 1.66. The third kappa shape index (κ3) is 3.72. The van der Waals surface area contributed by atoms with E-state index >= 15 is 0 Å². The second-order valence-electron chi connectivity index (χ2n) is 7.33. The number of anilines is 1. The van der Waals surface area contributed by atoms with E-state index in [4.69, 9.17) is 9.72 Å². The number of carbonyl (C=O) groups is 1. The van der Waals surface area contributed by atoms with Gasteiger partial charge in [0.05, 0.1) is 24.2 Å². The lowest BCUT2D eigenvalue weighted by molar-refractivity contribution is -0.142. The molecular formula is C24H26N2O2. The van der Waals surface area contributed by atoms with Crippen LogP contribution < -0.4 is 4.90 Å². The highest BCUT2D eigenvalue weighted by Crippen LogP contribution is 2.37. The number of carbonyl (C=O) groups excluding carboxylic acids is 1. The van der Waals surface area contributed by atoms with Crippen LogP contribution in [0.5, 0.6) is 0 Å². The molecule has 0 N–H and O–H groups in total. The number of fused-ring (bicyclic) bond motifs is 3. The van der Waals surface area contributed by atoms with Gasteiger partial charge in [0, 0.05) is 24.2 Å². The Kier molecular flexibility index (Phi) is 5.29. The van der Waals surface area contributed by atoms with E-state index in [1.165, 1.54) is 16.8 Å². The van der Waals surface area contributed by atoms with Gasteiger partial charge in [-0.1, -0.05) is 36.4 Å². The fourth-order valence-electron chi connectivity index (χ4n) is 4.09. The summed E-state index contributed by atoms with van der Waals surface area (Å²) in [5, 5.41) is 1.15. The van der Waals surface area contributed by atoms with Crippen LogP contribution in [0.1, 0.15) is 29.3 Å². The van der Waals surface area contributed by atoms with Crippen LogP contribution in [0.4, 0.5) is 5.69 Å². The molecule has 28 heavy (non-hydrogen) atoms. The van der Waals surface area contributed by atoms with Crippen molar-refractivity contribution in [3.8, 4) is 0 Å². The predicted molar refractivity (Wildman–Crippen MR) is 113 cm³/mol. The molecule has 144 valence electrons. The number of ether oxygens (including phenoxy) is 1. The molecule has 0 saturated carbocycles. The zero-order valence-corrected chi connectivity index (χ0v) is 16.6. The van der Waals surface area contributed by atoms with Crippen LogP contribution in [0.15, 0.2) is 48.5 Å². The van der Waals surface area contributed by atoms with E-state index in [9.17, 15) is 4.79 Å². The molecule has 2 heterocycles. The van der Waals surface area contributed by atoms with Gasteiger partial charge in [-0.05, 0) is 55.5 Å². The SMILES string of the molecule is CCOC(=O)Cc1ccc2nc(C)c3c(c2c1)N(CCc1ccccc1)CC3. The number of nitrogens with zero attached hydrogens (tertiary/aromatic N) is 2. The van der Waals surface area contributed by atoms with Crippen LogP contribution in [0.3, 0.4) is 0 Å².